The lowest BCUT2D eigenvalue weighted by molar-refractivity contribution is -0.146. The Labute approximate surface area is 218 Å². The number of carbonyl (C=O) groups is 3. The van der Waals surface area contributed by atoms with E-state index in [1.54, 1.807) is 25.2 Å². The van der Waals surface area contributed by atoms with Crippen LogP contribution in [0.3, 0.4) is 0 Å². The van der Waals surface area contributed by atoms with Gasteiger partial charge in [0.25, 0.3) is 0 Å². The third-order valence-electron chi connectivity index (χ3n) is 5.49. The van der Waals surface area contributed by atoms with Crippen molar-refractivity contribution in [3.05, 3.63) is 71.7 Å². The summed E-state index contributed by atoms with van der Waals surface area (Å²) >= 11 is 0. The molecule has 9 heteroatoms. The summed E-state index contributed by atoms with van der Waals surface area (Å²) in [5.74, 6) is -0.454. The van der Waals surface area contributed by atoms with Gasteiger partial charge in [-0.2, -0.15) is 0 Å². The number of carbonyl (C=O) groups excluding carboxylic acids is 3. The lowest BCUT2D eigenvalue weighted by Crippen LogP contribution is -2.26. The number of esters is 3. The van der Waals surface area contributed by atoms with Gasteiger partial charge in [-0.1, -0.05) is 18.7 Å². The third kappa shape index (κ3) is 12.3. The standard InChI is InChI=1S/C28H38N2O7/c1-20(2)27(32)37-16-15-35-26(31)12-9-21-7-10-25(11-8-21)34-13-5-3-4-6-14-36-28(33)22-17-23(29)19-24(30)18-22/h7,9-12,17,19,21,24H,1,3-6,8,13-16,18,29-30H2,2H3/b12-9+. The summed E-state index contributed by atoms with van der Waals surface area (Å²) in [4.78, 5) is 35.1. The van der Waals surface area contributed by atoms with Crippen LogP contribution in [0.25, 0.3) is 0 Å². The molecule has 0 amide bonds. The first kappa shape index (κ1) is 29.6. The predicted octanol–water partition coefficient (Wildman–Crippen LogP) is 3.29. The topological polar surface area (TPSA) is 140 Å². The Morgan fingerprint density at radius 2 is 1.78 bits per heavy atom. The van der Waals surface area contributed by atoms with Crippen molar-refractivity contribution in [3.63, 3.8) is 0 Å². The van der Waals surface area contributed by atoms with Crippen LogP contribution < -0.4 is 11.5 Å². The van der Waals surface area contributed by atoms with Gasteiger partial charge in [0, 0.05) is 29.0 Å². The quantitative estimate of drug-likeness (QED) is 0.146. The van der Waals surface area contributed by atoms with Gasteiger partial charge >= 0.3 is 17.9 Å². The molecule has 2 aliphatic rings. The highest BCUT2D eigenvalue weighted by molar-refractivity contribution is 5.89. The fourth-order valence-corrected chi connectivity index (χ4v) is 3.53. The van der Waals surface area contributed by atoms with Gasteiger partial charge in [-0.15, -0.1) is 0 Å². The van der Waals surface area contributed by atoms with Gasteiger partial charge < -0.3 is 30.4 Å². The Kier molecular flexibility index (Phi) is 13.0. The summed E-state index contributed by atoms with van der Waals surface area (Å²) in [7, 11) is 0. The number of hydrogen-bond donors (Lipinski definition) is 2. The summed E-state index contributed by atoms with van der Waals surface area (Å²) in [6.45, 7) is 5.99. The van der Waals surface area contributed by atoms with Crippen LogP contribution >= 0.6 is 0 Å². The Morgan fingerprint density at radius 1 is 1.05 bits per heavy atom. The fourth-order valence-electron chi connectivity index (χ4n) is 3.53. The van der Waals surface area contributed by atoms with Gasteiger partial charge in [0.05, 0.1) is 13.2 Å². The fraction of sp³-hybridized carbons (Fsp3) is 0.464. The number of rotatable bonds is 15. The third-order valence-corrected chi connectivity index (χ3v) is 5.49. The van der Waals surface area contributed by atoms with E-state index in [9.17, 15) is 14.4 Å². The zero-order valence-electron chi connectivity index (χ0n) is 21.5. The zero-order chi connectivity index (χ0) is 27.0. The molecule has 0 radical (unpaired) electrons. The van der Waals surface area contributed by atoms with Gasteiger partial charge in [0.1, 0.15) is 19.0 Å². The normalized spacial score (nSPS) is 18.9. The summed E-state index contributed by atoms with van der Waals surface area (Å²) in [5, 5.41) is 0. The van der Waals surface area contributed by atoms with E-state index in [1.807, 2.05) is 18.2 Å². The van der Waals surface area contributed by atoms with Crippen LogP contribution in [-0.4, -0.2) is 50.4 Å². The van der Waals surface area contributed by atoms with Crippen molar-refractivity contribution in [1.29, 1.82) is 0 Å². The first-order valence-electron chi connectivity index (χ1n) is 12.5. The van der Waals surface area contributed by atoms with Crippen LogP contribution in [0, 0.1) is 5.92 Å². The van der Waals surface area contributed by atoms with Crippen LogP contribution in [-0.2, 0) is 33.3 Å². The molecule has 0 bridgehead atoms. The molecule has 9 nitrogen and oxygen atoms in total. The highest BCUT2D eigenvalue weighted by Crippen LogP contribution is 2.19. The number of nitrogens with two attached hydrogens (primary N) is 2. The second-order valence-electron chi connectivity index (χ2n) is 8.91. The van der Waals surface area contributed by atoms with Gasteiger partial charge in [0.15, 0.2) is 0 Å². The molecule has 0 aromatic heterocycles. The van der Waals surface area contributed by atoms with Crippen molar-refractivity contribution in [2.24, 2.45) is 17.4 Å². The molecular formula is C28H38N2O7. The molecule has 0 fully saturated rings. The molecular weight excluding hydrogens is 476 g/mol. The van der Waals surface area contributed by atoms with E-state index in [0.717, 1.165) is 37.9 Å². The monoisotopic (exact) mass is 514 g/mol. The molecule has 0 aliphatic heterocycles. The van der Waals surface area contributed by atoms with Crippen molar-refractivity contribution < 1.29 is 33.3 Å². The Bertz CT molecular complexity index is 975. The van der Waals surface area contributed by atoms with Crippen molar-refractivity contribution in [1.82, 2.24) is 0 Å². The van der Waals surface area contributed by atoms with Crippen LogP contribution in [0.15, 0.2) is 71.7 Å². The molecule has 0 aromatic rings. The minimum absolute atomic E-state index is 0.00650. The molecule has 2 rings (SSSR count). The molecule has 2 aliphatic carbocycles. The second kappa shape index (κ2) is 16.2. The van der Waals surface area contributed by atoms with Gasteiger partial charge in [-0.3, -0.25) is 0 Å². The summed E-state index contributed by atoms with van der Waals surface area (Å²) in [6, 6.07) is -0.245. The average Bonchev–Trinajstić information content (AvgIpc) is 2.86. The summed E-state index contributed by atoms with van der Waals surface area (Å²) in [6.07, 6.45) is 17.1. The summed E-state index contributed by atoms with van der Waals surface area (Å²) in [5.41, 5.74) is 12.9. The molecule has 0 heterocycles. The Hall–Kier alpha value is -3.59. The molecule has 202 valence electrons. The first-order chi connectivity index (χ1) is 17.7. The molecule has 0 aromatic carbocycles. The molecule has 2 unspecified atom stereocenters. The van der Waals surface area contributed by atoms with Crippen LogP contribution in [0.1, 0.15) is 45.4 Å². The number of hydrogen-bond acceptors (Lipinski definition) is 9. The first-order valence-corrected chi connectivity index (χ1v) is 12.5. The molecule has 4 N–H and O–H groups in total. The lowest BCUT2D eigenvalue weighted by Gasteiger charge is -2.16. The van der Waals surface area contributed by atoms with E-state index in [-0.39, 0.29) is 31.1 Å². The smallest absolute Gasteiger partial charge is 0.334 e. The minimum atomic E-state index is -0.509. The molecule has 37 heavy (non-hydrogen) atoms. The number of ether oxygens (including phenoxy) is 4. The highest BCUT2D eigenvalue weighted by atomic mass is 16.6. The molecule has 0 spiro atoms. The van der Waals surface area contributed by atoms with Gasteiger partial charge in [0.2, 0.25) is 0 Å². The van der Waals surface area contributed by atoms with Gasteiger partial charge in [-0.25, -0.2) is 14.4 Å². The average molecular weight is 515 g/mol. The van der Waals surface area contributed by atoms with Crippen molar-refractivity contribution in [3.8, 4) is 0 Å². The number of unbranched alkanes of at least 4 members (excludes halogenated alkanes) is 3. The van der Waals surface area contributed by atoms with Gasteiger partial charge in [-0.05, 0) is 75.7 Å². The van der Waals surface area contributed by atoms with Crippen LogP contribution in [0.2, 0.25) is 0 Å². The minimum Gasteiger partial charge on any atom is -0.494 e. The van der Waals surface area contributed by atoms with E-state index >= 15 is 0 Å². The van der Waals surface area contributed by atoms with Crippen LogP contribution in [0.4, 0.5) is 0 Å². The summed E-state index contributed by atoms with van der Waals surface area (Å²) < 4.78 is 21.0. The highest BCUT2D eigenvalue weighted by Gasteiger charge is 2.18. The maximum Gasteiger partial charge on any atom is 0.334 e. The van der Waals surface area contributed by atoms with Crippen molar-refractivity contribution in [2.45, 2.75) is 51.5 Å². The largest absolute Gasteiger partial charge is 0.494 e. The van der Waals surface area contributed by atoms with E-state index in [2.05, 4.69) is 6.58 Å². The molecule has 2 atom stereocenters. The van der Waals surface area contributed by atoms with E-state index < -0.39 is 11.9 Å². The molecule has 0 saturated heterocycles. The predicted molar refractivity (Wildman–Crippen MR) is 140 cm³/mol. The van der Waals surface area contributed by atoms with E-state index in [0.29, 0.717) is 36.5 Å². The Morgan fingerprint density at radius 3 is 2.46 bits per heavy atom. The second-order valence-corrected chi connectivity index (χ2v) is 8.91. The lowest BCUT2D eigenvalue weighted by atomic mass is 9.99. The van der Waals surface area contributed by atoms with Crippen molar-refractivity contribution in [2.75, 3.05) is 26.4 Å². The zero-order valence-corrected chi connectivity index (χ0v) is 21.5. The van der Waals surface area contributed by atoms with Crippen LogP contribution in [0.5, 0.6) is 0 Å². The molecule has 0 saturated carbocycles. The van der Waals surface area contributed by atoms with Crippen molar-refractivity contribution >= 4 is 17.9 Å². The number of allylic oxidation sites excluding steroid dienone is 5. The van der Waals surface area contributed by atoms with E-state index in [4.69, 9.17) is 30.4 Å². The maximum absolute atomic E-state index is 12.1. The SMILES string of the molecule is C=C(C)C(=O)OCCOC(=O)/C=C/C1C=CC(OCCCCCCOC(=O)C2=CC(N)=CC(N)C2)=CC1. The van der Waals surface area contributed by atoms with E-state index in [1.165, 1.54) is 6.08 Å². The Balaban J connectivity index is 1.49. The maximum atomic E-state index is 12.1.